The normalized spacial score (nSPS) is 18.3. The fourth-order valence-corrected chi connectivity index (χ4v) is 4.35. The number of nitrogens with one attached hydrogen (secondary N) is 1. The van der Waals surface area contributed by atoms with E-state index in [2.05, 4.69) is 33.5 Å². The van der Waals surface area contributed by atoms with Crippen LogP contribution in [0.25, 0.3) is 0 Å². The Hall–Kier alpha value is -3.39. The van der Waals surface area contributed by atoms with Gasteiger partial charge in [0, 0.05) is 50.5 Å². The summed E-state index contributed by atoms with van der Waals surface area (Å²) >= 11 is 0. The average Bonchev–Trinajstić information content (AvgIpc) is 3.27. The van der Waals surface area contributed by atoms with Gasteiger partial charge in [0.1, 0.15) is 6.10 Å². The van der Waals surface area contributed by atoms with Crippen LogP contribution in [0.15, 0.2) is 61.1 Å². The van der Waals surface area contributed by atoms with Gasteiger partial charge in [-0.3, -0.25) is 9.67 Å². The zero-order valence-corrected chi connectivity index (χ0v) is 18.1. The Morgan fingerprint density at radius 1 is 1.06 bits per heavy atom. The maximum atomic E-state index is 12.7. The van der Waals surface area contributed by atoms with Crippen LogP contribution < -0.4 is 10.2 Å². The molecule has 0 radical (unpaired) electrons. The minimum absolute atomic E-state index is 0.0428. The Labute approximate surface area is 187 Å². The monoisotopic (exact) mass is 432 g/mol. The number of ether oxygens (including phenoxy) is 1. The Balaban J connectivity index is 1.15. The number of benzene rings is 1. The maximum absolute atomic E-state index is 12.7. The second-order valence-corrected chi connectivity index (χ2v) is 8.20. The molecular formula is C24H28N6O2. The number of fused-ring (bicyclic) bond motifs is 1. The first-order valence-electron chi connectivity index (χ1n) is 11.2. The standard InChI is InChI=1S/C24H28N6O2/c31-24(29-13-11-28(12-14-29)21-6-9-25-10-7-21)26-16-22-23-20(8-15-32-22)18-30(27-23)17-19-4-2-1-3-5-19/h1-7,9-10,18,22H,8,11-17H2,(H,26,31). The number of carbonyl (C=O) groups is 1. The molecule has 166 valence electrons. The lowest BCUT2D eigenvalue weighted by molar-refractivity contribution is 0.0401. The van der Waals surface area contributed by atoms with Crippen LogP contribution in [0.4, 0.5) is 10.5 Å². The highest BCUT2D eigenvalue weighted by Crippen LogP contribution is 2.25. The Bertz CT molecular complexity index is 1030. The average molecular weight is 433 g/mol. The highest BCUT2D eigenvalue weighted by Gasteiger charge is 2.27. The van der Waals surface area contributed by atoms with Crippen LogP contribution in [0.1, 0.15) is 22.9 Å². The van der Waals surface area contributed by atoms with Gasteiger partial charge in [-0.25, -0.2) is 4.79 Å². The Kier molecular flexibility index (Phi) is 6.02. The molecule has 2 aliphatic heterocycles. The lowest BCUT2D eigenvalue weighted by Crippen LogP contribution is -2.52. The molecule has 0 spiro atoms. The van der Waals surface area contributed by atoms with E-state index in [0.29, 0.717) is 26.2 Å². The number of urea groups is 1. The molecule has 0 saturated carbocycles. The molecule has 5 rings (SSSR count). The second kappa shape index (κ2) is 9.40. The van der Waals surface area contributed by atoms with Crippen LogP contribution in [-0.2, 0) is 17.7 Å². The molecule has 32 heavy (non-hydrogen) atoms. The largest absolute Gasteiger partial charge is 0.370 e. The molecular weight excluding hydrogens is 404 g/mol. The minimum Gasteiger partial charge on any atom is -0.370 e. The Morgan fingerprint density at radius 3 is 2.62 bits per heavy atom. The lowest BCUT2D eigenvalue weighted by Gasteiger charge is -2.36. The highest BCUT2D eigenvalue weighted by atomic mass is 16.5. The SMILES string of the molecule is O=C(NCC1OCCc2cn(Cc3ccccc3)nc21)N1CCN(c2ccncc2)CC1. The number of nitrogens with zero attached hydrogens (tertiary/aromatic N) is 5. The van der Waals surface area contributed by atoms with Crippen molar-refractivity contribution in [3.63, 3.8) is 0 Å². The molecule has 1 saturated heterocycles. The first kappa shape index (κ1) is 20.5. The van der Waals surface area contributed by atoms with E-state index >= 15 is 0 Å². The van der Waals surface area contributed by atoms with Crippen molar-refractivity contribution in [2.45, 2.75) is 19.1 Å². The van der Waals surface area contributed by atoms with E-state index in [4.69, 9.17) is 9.84 Å². The van der Waals surface area contributed by atoms with Crippen molar-refractivity contribution < 1.29 is 9.53 Å². The zero-order valence-electron chi connectivity index (χ0n) is 18.1. The number of anilines is 1. The third-order valence-electron chi connectivity index (χ3n) is 6.09. The molecule has 0 aliphatic carbocycles. The summed E-state index contributed by atoms with van der Waals surface area (Å²) in [5.74, 6) is 0. The van der Waals surface area contributed by atoms with Crippen LogP contribution in [0.2, 0.25) is 0 Å². The van der Waals surface area contributed by atoms with Crippen LogP contribution in [-0.4, -0.2) is 65.0 Å². The molecule has 3 aromatic rings. The summed E-state index contributed by atoms with van der Waals surface area (Å²) in [5.41, 5.74) is 4.51. The first-order valence-corrected chi connectivity index (χ1v) is 11.2. The van der Waals surface area contributed by atoms with E-state index in [1.54, 1.807) is 12.4 Å². The van der Waals surface area contributed by atoms with E-state index in [0.717, 1.165) is 37.4 Å². The van der Waals surface area contributed by atoms with E-state index < -0.39 is 0 Å². The van der Waals surface area contributed by atoms with Gasteiger partial charge in [0.25, 0.3) is 0 Å². The molecule has 4 heterocycles. The maximum Gasteiger partial charge on any atom is 0.317 e. The van der Waals surface area contributed by atoms with Gasteiger partial charge in [0.05, 0.1) is 25.4 Å². The molecule has 8 nitrogen and oxygen atoms in total. The summed E-state index contributed by atoms with van der Waals surface area (Å²) < 4.78 is 7.93. The Morgan fingerprint density at radius 2 is 1.84 bits per heavy atom. The number of hydrogen-bond acceptors (Lipinski definition) is 5. The van der Waals surface area contributed by atoms with Crippen molar-refractivity contribution in [1.82, 2.24) is 25.0 Å². The molecule has 1 N–H and O–H groups in total. The molecule has 1 atom stereocenters. The van der Waals surface area contributed by atoms with E-state index in [1.165, 1.54) is 11.1 Å². The summed E-state index contributed by atoms with van der Waals surface area (Å²) in [7, 11) is 0. The van der Waals surface area contributed by atoms with E-state index in [1.807, 2.05) is 39.9 Å². The fourth-order valence-electron chi connectivity index (χ4n) is 4.35. The number of carbonyl (C=O) groups excluding carboxylic acids is 1. The quantitative estimate of drug-likeness (QED) is 0.670. The molecule has 1 unspecified atom stereocenters. The molecule has 2 amide bonds. The molecule has 8 heteroatoms. The predicted molar refractivity (Wildman–Crippen MR) is 122 cm³/mol. The third kappa shape index (κ3) is 4.60. The van der Waals surface area contributed by atoms with Gasteiger partial charge < -0.3 is 19.9 Å². The highest BCUT2D eigenvalue weighted by molar-refractivity contribution is 5.74. The lowest BCUT2D eigenvalue weighted by atomic mass is 10.1. The summed E-state index contributed by atoms with van der Waals surface area (Å²) in [6.45, 7) is 4.81. The topological polar surface area (TPSA) is 75.5 Å². The summed E-state index contributed by atoms with van der Waals surface area (Å²) in [6.07, 6.45) is 6.35. The van der Waals surface area contributed by atoms with Crippen LogP contribution in [0, 0.1) is 0 Å². The minimum atomic E-state index is -0.210. The van der Waals surface area contributed by atoms with Gasteiger partial charge in [-0.15, -0.1) is 0 Å². The molecule has 2 aromatic heterocycles. The van der Waals surface area contributed by atoms with E-state index in [9.17, 15) is 4.79 Å². The van der Waals surface area contributed by atoms with Gasteiger partial charge in [0.15, 0.2) is 0 Å². The number of amides is 2. The van der Waals surface area contributed by atoms with Gasteiger partial charge in [0.2, 0.25) is 0 Å². The van der Waals surface area contributed by atoms with Crippen molar-refractivity contribution in [2.75, 3.05) is 44.2 Å². The number of piperazine rings is 1. The first-order chi connectivity index (χ1) is 15.8. The van der Waals surface area contributed by atoms with Crippen LogP contribution in [0.5, 0.6) is 0 Å². The number of rotatable bonds is 5. The predicted octanol–water partition coefficient (Wildman–Crippen LogP) is 2.47. The third-order valence-corrected chi connectivity index (χ3v) is 6.09. The van der Waals surface area contributed by atoms with Gasteiger partial charge in [-0.1, -0.05) is 30.3 Å². The smallest absolute Gasteiger partial charge is 0.317 e. The van der Waals surface area contributed by atoms with Crippen LogP contribution >= 0.6 is 0 Å². The number of pyridine rings is 1. The molecule has 1 aromatic carbocycles. The number of aromatic nitrogens is 3. The van der Waals surface area contributed by atoms with E-state index in [-0.39, 0.29) is 12.1 Å². The molecule has 2 aliphatic rings. The van der Waals surface area contributed by atoms with Crippen molar-refractivity contribution in [3.8, 4) is 0 Å². The zero-order chi connectivity index (χ0) is 21.8. The summed E-state index contributed by atoms with van der Waals surface area (Å²) in [6, 6.07) is 14.3. The van der Waals surface area contributed by atoms with Gasteiger partial charge in [-0.2, -0.15) is 5.10 Å². The van der Waals surface area contributed by atoms with Gasteiger partial charge >= 0.3 is 6.03 Å². The number of hydrogen-bond donors (Lipinski definition) is 1. The van der Waals surface area contributed by atoms with Crippen LogP contribution in [0.3, 0.4) is 0 Å². The van der Waals surface area contributed by atoms with Crippen molar-refractivity contribution in [1.29, 1.82) is 0 Å². The summed E-state index contributed by atoms with van der Waals surface area (Å²) in [5, 5.41) is 7.84. The molecule has 0 bridgehead atoms. The van der Waals surface area contributed by atoms with Crippen molar-refractivity contribution >= 4 is 11.7 Å². The van der Waals surface area contributed by atoms with Crippen molar-refractivity contribution in [3.05, 3.63) is 77.9 Å². The second-order valence-electron chi connectivity index (χ2n) is 8.20. The van der Waals surface area contributed by atoms with Crippen molar-refractivity contribution in [2.24, 2.45) is 0 Å². The fraction of sp³-hybridized carbons (Fsp3) is 0.375. The molecule has 1 fully saturated rings. The summed E-state index contributed by atoms with van der Waals surface area (Å²) in [4.78, 5) is 21.0. The van der Waals surface area contributed by atoms with Gasteiger partial charge in [-0.05, 0) is 29.7 Å².